The maximum Gasteiger partial charge on any atom is 0.340 e. The van der Waals surface area contributed by atoms with E-state index >= 15 is 0 Å². The highest BCUT2D eigenvalue weighted by molar-refractivity contribution is 6.01. The molecule has 1 aliphatic heterocycles. The summed E-state index contributed by atoms with van der Waals surface area (Å²) in [5.74, 6) is -1.65. The number of likely N-dealkylation sites (tertiary alicyclic amines) is 1. The summed E-state index contributed by atoms with van der Waals surface area (Å²) >= 11 is 0. The standard InChI is InChI=1S/C38H54N2O11/c1-8-40-19-35(20-51-33(43)21-11-9-10-12-24(21)39-27(41)13-14-28(42)47-4)16-15-26(46-3)37-23-17-22-25(45-2)18-36(50-7,29(23)30(22)48-5)38(44,34(37)40)32(49-6)31(35)37/h9-12,22-23,25-26,29-32,34,44H,8,13-20H2,1-7H3,(H,39,41). The van der Waals surface area contributed by atoms with E-state index in [1.807, 2.05) is 0 Å². The molecule has 282 valence electrons. The molecule has 6 aliphatic rings. The second kappa shape index (κ2) is 13.3. The summed E-state index contributed by atoms with van der Waals surface area (Å²) in [6.07, 6.45) is 1.43. The molecule has 13 atom stereocenters. The van der Waals surface area contributed by atoms with Crippen molar-refractivity contribution in [3.05, 3.63) is 29.8 Å². The lowest BCUT2D eigenvalue weighted by molar-refractivity contribution is -0.326. The number of carbonyl (C=O) groups excluding carboxylic acids is 3. The molecule has 6 fully saturated rings. The molecule has 1 saturated heterocycles. The first-order chi connectivity index (χ1) is 24.5. The summed E-state index contributed by atoms with van der Waals surface area (Å²) in [4.78, 5) is 40.7. The van der Waals surface area contributed by atoms with Crippen LogP contribution in [0.1, 0.15) is 55.8 Å². The molecule has 7 rings (SSSR count). The molecule has 5 saturated carbocycles. The minimum atomic E-state index is -1.46. The van der Waals surface area contributed by atoms with Crippen molar-refractivity contribution < 1.29 is 52.6 Å². The van der Waals surface area contributed by atoms with Crippen LogP contribution >= 0.6 is 0 Å². The number of benzene rings is 1. The van der Waals surface area contributed by atoms with Crippen molar-refractivity contribution in [2.24, 2.45) is 34.5 Å². The van der Waals surface area contributed by atoms with Gasteiger partial charge in [0.15, 0.2) is 0 Å². The van der Waals surface area contributed by atoms with Gasteiger partial charge in [-0.15, -0.1) is 0 Å². The number of nitrogens with one attached hydrogen (secondary N) is 1. The fourth-order valence-electron chi connectivity index (χ4n) is 12.9. The highest BCUT2D eigenvalue weighted by Crippen LogP contribution is 2.81. The van der Waals surface area contributed by atoms with E-state index in [0.29, 0.717) is 31.6 Å². The van der Waals surface area contributed by atoms with Gasteiger partial charge in [0.05, 0.1) is 61.8 Å². The number of nitrogens with zero attached hydrogens (tertiary/aromatic N) is 1. The number of esters is 2. The molecular formula is C38H54N2O11. The Hall–Kier alpha value is -2.65. The van der Waals surface area contributed by atoms with E-state index in [0.717, 1.165) is 12.8 Å². The zero-order chi connectivity index (χ0) is 36.5. The Morgan fingerprint density at radius 1 is 1.00 bits per heavy atom. The predicted molar refractivity (Wildman–Crippen MR) is 183 cm³/mol. The molecule has 13 heteroatoms. The number of amides is 1. The number of anilines is 1. The highest BCUT2D eigenvalue weighted by Gasteiger charge is 2.92. The number of hydrogen-bond acceptors (Lipinski definition) is 12. The SMILES string of the molecule is CCN1CC2(COC(=O)c3ccccc3NC(=O)CCC(=O)OC)CCC(OC)C34C5CC6C(OC)CC(OC)(C5C6OC)C(O)(C(OC)C23)C14. The second-order valence-electron chi connectivity index (χ2n) is 15.6. The molecule has 0 radical (unpaired) electrons. The van der Waals surface area contributed by atoms with E-state index < -0.39 is 46.0 Å². The van der Waals surface area contributed by atoms with Crippen molar-refractivity contribution in [3.8, 4) is 0 Å². The van der Waals surface area contributed by atoms with Crippen LogP contribution in [0.3, 0.4) is 0 Å². The predicted octanol–water partition coefficient (Wildman–Crippen LogP) is 2.68. The monoisotopic (exact) mass is 714 g/mol. The lowest BCUT2D eigenvalue weighted by Crippen LogP contribution is -2.82. The second-order valence-corrected chi connectivity index (χ2v) is 15.6. The summed E-state index contributed by atoms with van der Waals surface area (Å²) in [7, 11) is 9.92. The third kappa shape index (κ3) is 4.74. The number of aliphatic hydroxyl groups is 1. The van der Waals surface area contributed by atoms with Gasteiger partial charge in [-0.3, -0.25) is 14.5 Å². The number of carbonyl (C=O) groups is 3. The van der Waals surface area contributed by atoms with Gasteiger partial charge in [0.1, 0.15) is 11.2 Å². The minimum absolute atomic E-state index is 0.0542. The number of hydrogen-bond donors (Lipinski definition) is 2. The average Bonchev–Trinajstić information content (AvgIpc) is 3.55. The van der Waals surface area contributed by atoms with Gasteiger partial charge in [0.25, 0.3) is 0 Å². The van der Waals surface area contributed by atoms with Crippen molar-refractivity contribution >= 4 is 23.5 Å². The Morgan fingerprint density at radius 2 is 1.76 bits per heavy atom. The summed E-state index contributed by atoms with van der Waals surface area (Å²) in [6.45, 7) is 3.46. The molecule has 51 heavy (non-hydrogen) atoms. The van der Waals surface area contributed by atoms with Crippen molar-refractivity contribution in [1.82, 2.24) is 4.90 Å². The molecule has 1 spiro atoms. The Bertz CT molecular complexity index is 1530. The molecule has 5 aliphatic carbocycles. The van der Waals surface area contributed by atoms with E-state index in [4.69, 9.17) is 28.4 Å². The van der Waals surface area contributed by atoms with Gasteiger partial charge in [0, 0.05) is 83.5 Å². The molecule has 1 heterocycles. The molecular weight excluding hydrogens is 660 g/mol. The van der Waals surface area contributed by atoms with Gasteiger partial charge in [-0.2, -0.15) is 0 Å². The van der Waals surface area contributed by atoms with Gasteiger partial charge in [-0.25, -0.2) is 4.79 Å². The number of rotatable bonds is 13. The lowest BCUT2D eigenvalue weighted by atomic mass is 9.42. The van der Waals surface area contributed by atoms with Crippen molar-refractivity contribution in [3.63, 3.8) is 0 Å². The third-order valence-electron chi connectivity index (χ3n) is 14.3. The summed E-state index contributed by atoms with van der Waals surface area (Å²) in [5.41, 5.74) is -3.11. The van der Waals surface area contributed by atoms with Gasteiger partial charge in [0.2, 0.25) is 5.91 Å². The van der Waals surface area contributed by atoms with Gasteiger partial charge >= 0.3 is 11.9 Å². The molecule has 13 unspecified atom stereocenters. The number of likely N-dealkylation sites (N-methyl/N-ethyl adjacent to an activating group) is 1. The number of ether oxygens (including phenoxy) is 7. The maximum absolute atomic E-state index is 14.0. The molecule has 1 aromatic rings. The van der Waals surface area contributed by atoms with Crippen LogP contribution in [-0.4, -0.2) is 132 Å². The zero-order valence-electron chi connectivity index (χ0n) is 30.8. The average molecular weight is 715 g/mol. The van der Waals surface area contributed by atoms with Crippen LogP contribution in [0.4, 0.5) is 5.69 Å². The zero-order valence-corrected chi connectivity index (χ0v) is 30.8. The van der Waals surface area contributed by atoms with Gasteiger partial charge < -0.3 is 43.6 Å². The normalized spacial score (nSPS) is 43.1. The Kier molecular flexibility index (Phi) is 9.59. The highest BCUT2D eigenvalue weighted by atomic mass is 16.6. The van der Waals surface area contributed by atoms with Crippen LogP contribution in [-0.2, 0) is 42.7 Å². The number of piperidine rings is 1. The summed E-state index contributed by atoms with van der Waals surface area (Å²) < 4.78 is 43.2. The van der Waals surface area contributed by atoms with Crippen LogP contribution < -0.4 is 5.32 Å². The van der Waals surface area contributed by atoms with E-state index in [9.17, 15) is 19.5 Å². The summed E-state index contributed by atoms with van der Waals surface area (Å²) in [5, 5.41) is 16.5. The van der Waals surface area contributed by atoms with Crippen LogP contribution in [0.15, 0.2) is 24.3 Å². The van der Waals surface area contributed by atoms with Crippen LogP contribution in [0.2, 0.25) is 0 Å². The summed E-state index contributed by atoms with van der Waals surface area (Å²) in [6, 6.07) is 6.37. The molecule has 1 amide bonds. The third-order valence-corrected chi connectivity index (χ3v) is 14.3. The Morgan fingerprint density at radius 3 is 2.41 bits per heavy atom. The smallest absolute Gasteiger partial charge is 0.340 e. The van der Waals surface area contributed by atoms with Gasteiger partial charge in [-0.05, 0) is 43.9 Å². The largest absolute Gasteiger partial charge is 0.469 e. The van der Waals surface area contributed by atoms with Gasteiger partial charge in [-0.1, -0.05) is 19.1 Å². The number of fused-ring (bicyclic) bond motifs is 2. The molecule has 13 nitrogen and oxygen atoms in total. The van der Waals surface area contributed by atoms with Crippen molar-refractivity contribution in [2.75, 3.05) is 67.7 Å². The Balaban J connectivity index is 1.29. The minimum Gasteiger partial charge on any atom is -0.469 e. The fourth-order valence-corrected chi connectivity index (χ4v) is 12.9. The quantitative estimate of drug-likeness (QED) is 0.289. The van der Waals surface area contributed by atoms with E-state index in [1.54, 1.807) is 59.8 Å². The lowest BCUT2D eigenvalue weighted by Gasteiger charge is -2.70. The van der Waals surface area contributed by atoms with Crippen LogP contribution in [0, 0.1) is 34.5 Å². The maximum atomic E-state index is 14.0. The van der Waals surface area contributed by atoms with Crippen LogP contribution in [0.5, 0.6) is 0 Å². The number of para-hydroxylation sites is 1. The topological polar surface area (TPSA) is 151 Å². The van der Waals surface area contributed by atoms with Crippen molar-refractivity contribution in [2.45, 2.75) is 87.1 Å². The Labute approximate surface area is 299 Å². The molecule has 0 aromatic heterocycles. The first kappa shape index (κ1) is 36.7. The van der Waals surface area contributed by atoms with Crippen molar-refractivity contribution in [1.29, 1.82) is 0 Å². The first-order valence-corrected chi connectivity index (χ1v) is 18.3. The first-order valence-electron chi connectivity index (χ1n) is 18.3. The molecule has 7 bridgehead atoms. The fraction of sp³-hybridized carbons (Fsp3) is 0.763. The van der Waals surface area contributed by atoms with E-state index in [-0.39, 0.29) is 73.0 Å². The van der Waals surface area contributed by atoms with E-state index in [1.165, 1.54) is 7.11 Å². The number of methoxy groups -OCH3 is 6. The van der Waals surface area contributed by atoms with Crippen LogP contribution in [0.25, 0.3) is 0 Å². The van der Waals surface area contributed by atoms with E-state index in [2.05, 4.69) is 21.9 Å². The molecule has 1 aromatic carbocycles. The molecule has 2 N–H and O–H groups in total.